The molecule has 2 aromatic rings. The predicted molar refractivity (Wildman–Crippen MR) is 112 cm³/mol. The van der Waals surface area contributed by atoms with Gasteiger partial charge in [0.2, 0.25) is 0 Å². The van der Waals surface area contributed by atoms with Crippen LogP contribution in [0.5, 0.6) is 0 Å². The molecule has 2 heterocycles. The first-order valence-electron chi connectivity index (χ1n) is 8.68. The molecule has 0 spiro atoms. The number of amides is 2. The summed E-state index contributed by atoms with van der Waals surface area (Å²) >= 11 is 6.70. The van der Waals surface area contributed by atoms with Crippen LogP contribution in [0, 0.1) is 13.8 Å². The number of thioether (sulfide) groups is 1. The van der Waals surface area contributed by atoms with Crippen LogP contribution in [0.25, 0.3) is 11.8 Å². The van der Waals surface area contributed by atoms with E-state index in [1.807, 2.05) is 24.5 Å². The number of ether oxygens (including phenoxy) is 1. The third kappa shape index (κ3) is 3.99. The highest BCUT2D eigenvalue weighted by Gasteiger charge is 2.36. The fourth-order valence-electron chi connectivity index (χ4n) is 3.12. The van der Waals surface area contributed by atoms with Crippen LogP contribution in [-0.2, 0) is 14.3 Å². The lowest BCUT2D eigenvalue weighted by molar-refractivity contribution is -0.143. The standard InChI is InChI=1S/C20H17ClN2O6S/c1-10-6-12(7-16-18(25)22(20(28)30-16)9-17(24)29-3)11(2)23(10)13-4-5-15(21)14(8-13)19(26)27/h4-8H,9H2,1-3H3,(H,26,27)/b16-7-. The molecule has 1 aromatic heterocycles. The van der Waals surface area contributed by atoms with Gasteiger partial charge in [0.1, 0.15) is 6.54 Å². The first kappa shape index (κ1) is 21.7. The predicted octanol–water partition coefficient (Wildman–Crippen LogP) is 3.66. The molecule has 3 rings (SSSR count). The van der Waals surface area contributed by atoms with Gasteiger partial charge in [0, 0.05) is 17.1 Å². The second-order valence-corrected chi connectivity index (χ2v) is 7.88. The summed E-state index contributed by atoms with van der Waals surface area (Å²) in [7, 11) is 1.18. The molecule has 10 heteroatoms. The van der Waals surface area contributed by atoms with Gasteiger partial charge in [-0.1, -0.05) is 11.6 Å². The third-order valence-corrected chi connectivity index (χ3v) is 5.82. The first-order valence-corrected chi connectivity index (χ1v) is 9.87. The molecule has 156 valence electrons. The van der Waals surface area contributed by atoms with Crippen LogP contribution in [0.15, 0.2) is 29.2 Å². The van der Waals surface area contributed by atoms with E-state index in [9.17, 15) is 24.3 Å². The summed E-state index contributed by atoms with van der Waals surface area (Å²) < 4.78 is 6.34. The zero-order chi connectivity index (χ0) is 22.2. The van der Waals surface area contributed by atoms with Gasteiger partial charge in [-0.15, -0.1) is 0 Å². The van der Waals surface area contributed by atoms with Crippen LogP contribution in [0.4, 0.5) is 4.79 Å². The van der Waals surface area contributed by atoms with E-state index in [1.54, 1.807) is 12.1 Å². The lowest BCUT2D eigenvalue weighted by atomic mass is 10.2. The van der Waals surface area contributed by atoms with Gasteiger partial charge in [-0.3, -0.25) is 19.3 Å². The Morgan fingerprint density at radius 1 is 1.23 bits per heavy atom. The van der Waals surface area contributed by atoms with Gasteiger partial charge >= 0.3 is 11.9 Å². The summed E-state index contributed by atoms with van der Waals surface area (Å²) in [5, 5.41) is 8.90. The van der Waals surface area contributed by atoms with E-state index in [-0.39, 0.29) is 15.5 Å². The fourth-order valence-corrected chi connectivity index (χ4v) is 4.15. The molecule has 0 bridgehead atoms. The SMILES string of the molecule is COC(=O)CN1C(=O)S/C(=C\c2cc(C)n(-c3ccc(Cl)c(C(=O)O)c3)c2C)C1=O. The number of aromatic carboxylic acids is 1. The van der Waals surface area contributed by atoms with Gasteiger partial charge in [0.15, 0.2) is 0 Å². The number of hydrogen-bond donors (Lipinski definition) is 1. The number of carbonyl (C=O) groups excluding carboxylic acids is 3. The minimum absolute atomic E-state index is 0.0212. The summed E-state index contributed by atoms with van der Waals surface area (Å²) in [5.74, 6) is -2.39. The van der Waals surface area contributed by atoms with E-state index in [4.69, 9.17) is 11.6 Å². The van der Waals surface area contributed by atoms with Crippen molar-refractivity contribution >= 4 is 52.5 Å². The number of imide groups is 1. The smallest absolute Gasteiger partial charge is 0.337 e. The highest BCUT2D eigenvalue weighted by atomic mass is 35.5. The Bertz CT molecular complexity index is 1120. The van der Waals surface area contributed by atoms with Gasteiger partial charge in [-0.25, -0.2) is 4.79 Å². The number of carboxylic acids is 1. The Balaban J connectivity index is 1.98. The number of benzene rings is 1. The number of aryl methyl sites for hydroxylation is 1. The third-order valence-electron chi connectivity index (χ3n) is 4.58. The Labute approximate surface area is 181 Å². The van der Waals surface area contributed by atoms with Crippen LogP contribution in [-0.4, -0.2) is 51.3 Å². The second kappa shape index (κ2) is 8.37. The van der Waals surface area contributed by atoms with E-state index >= 15 is 0 Å². The van der Waals surface area contributed by atoms with Crippen LogP contribution in [0.3, 0.4) is 0 Å². The average molecular weight is 449 g/mol. The normalized spacial score (nSPS) is 15.2. The number of methoxy groups -OCH3 is 1. The minimum Gasteiger partial charge on any atom is -0.478 e. The van der Waals surface area contributed by atoms with Crippen molar-refractivity contribution in [3.63, 3.8) is 0 Å². The van der Waals surface area contributed by atoms with Crippen molar-refractivity contribution in [3.05, 3.63) is 56.7 Å². The van der Waals surface area contributed by atoms with Crippen molar-refractivity contribution in [1.29, 1.82) is 0 Å². The minimum atomic E-state index is -1.14. The molecule has 0 aliphatic carbocycles. The lowest BCUT2D eigenvalue weighted by Gasteiger charge is -2.11. The number of carbonyl (C=O) groups is 4. The fraction of sp³-hybridized carbons (Fsp3) is 0.200. The van der Waals surface area contributed by atoms with Crippen molar-refractivity contribution in [3.8, 4) is 5.69 Å². The zero-order valence-electron chi connectivity index (χ0n) is 16.3. The summed E-state index contributed by atoms with van der Waals surface area (Å²) in [5.41, 5.74) is 2.80. The van der Waals surface area contributed by atoms with E-state index < -0.39 is 29.6 Å². The largest absolute Gasteiger partial charge is 0.478 e. The summed E-state index contributed by atoms with van der Waals surface area (Å²) in [6.07, 6.45) is 1.58. The number of halogens is 1. The molecule has 1 saturated heterocycles. The number of hydrogen-bond acceptors (Lipinski definition) is 6. The molecule has 0 saturated carbocycles. The summed E-state index contributed by atoms with van der Waals surface area (Å²) in [4.78, 5) is 48.5. The topological polar surface area (TPSA) is 106 Å². The zero-order valence-corrected chi connectivity index (χ0v) is 17.8. The average Bonchev–Trinajstić information content (AvgIpc) is 3.11. The molecule has 0 atom stereocenters. The Morgan fingerprint density at radius 3 is 2.57 bits per heavy atom. The van der Waals surface area contributed by atoms with Gasteiger partial charge in [0.25, 0.3) is 11.1 Å². The van der Waals surface area contributed by atoms with Crippen molar-refractivity contribution in [2.24, 2.45) is 0 Å². The summed E-state index contributed by atoms with van der Waals surface area (Å²) in [6, 6.07) is 6.50. The van der Waals surface area contributed by atoms with Crippen LogP contribution >= 0.6 is 23.4 Å². The van der Waals surface area contributed by atoms with Crippen LogP contribution in [0.2, 0.25) is 5.02 Å². The van der Waals surface area contributed by atoms with Gasteiger partial charge in [-0.05, 0) is 61.5 Å². The van der Waals surface area contributed by atoms with E-state index in [1.165, 1.54) is 19.2 Å². The highest BCUT2D eigenvalue weighted by molar-refractivity contribution is 8.18. The Kier molecular flexibility index (Phi) is 6.04. The van der Waals surface area contributed by atoms with Crippen LogP contribution < -0.4 is 0 Å². The van der Waals surface area contributed by atoms with Crippen molar-refractivity contribution in [1.82, 2.24) is 9.47 Å². The molecular formula is C20H17ClN2O6S. The maximum atomic E-state index is 12.5. The van der Waals surface area contributed by atoms with E-state index in [0.29, 0.717) is 11.3 Å². The molecule has 30 heavy (non-hydrogen) atoms. The van der Waals surface area contributed by atoms with Gasteiger partial charge in [-0.2, -0.15) is 0 Å². The molecule has 0 unspecified atom stereocenters. The van der Waals surface area contributed by atoms with Crippen molar-refractivity contribution < 1.29 is 29.0 Å². The molecule has 2 amide bonds. The van der Waals surface area contributed by atoms with Crippen molar-refractivity contribution in [2.75, 3.05) is 13.7 Å². The molecule has 0 radical (unpaired) electrons. The quantitative estimate of drug-likeness (QED) is 0.549. The second-order valence-electron chi connectivity index (χ2n) is 6.48. The first-order chi connectivity index (χ1) is 14.1. The van der Waals surface area contributed by atoms with Crippen LogP contribution in [0.1, 0.15) is 27.3 Å². The van der Waals surface area contributed by atoms with E-state index in [0.717, 1.165) is 28.0 Å². The molecule has 1 aliphatic heterocycles. The highest BCUT2D eigenvalue weighted by Crippen LogP contribution is 2.34. The van der Waals surface area contributed by atoms with Crippen molar-refractivity contribution in [2.45, 2.75) is 13.8 Å². The number of nitrogens with zero attached hydrogens (tertiary/aromatic N) is 2. The summed E-state index contributed by atoms with van der Waals surface area (Å²) in [6.45, 7) is 3.20. The Hall–Kier alpha value is -3.04. The molecule has 1 fully saturated rings. The molecule has 1 aliphatic rings. The number of aromatic nitrogens is 1. The molecular weight excluding hydrogens is 432 g/mol. The van der Waals surface area contributed by atoms with Gasteiger partial charge in [0.05, 0.1) is 22.6 Å². The monoisotopic (exact) mass is 448 g/mol. The maximum Gasteiger partial charge on any atom is 0.337 e. The maximum absolute atomic E-state index is 12.5. The number of carboxylic acid groups (broad SMARTS) is 1. The van der Waals surface area contributed by atoms with Gasteiger partial charge < -0.3 is 14.4 Å². The number of esters is 1. The lowest BCUT2D eigenvalue weighted by Crippen LogP contribution is -2.34. The molecule has 1 aromatic carbocycles. The van der Waals surface area contributed by atoms with E-state index in [2.05, 4.69) is 4.74 Å². The number of rotatable bonds is 5. The Morgan fingerprint density at radius 2 is 1.93 bits per heavy atom. The molecule has 8 nitrogen and oxygen atoms in total. The molecule has 1 N–H and O–H groups in total.